The summed E-state index contributed by atoms with van der Waals surface area (Å²) in [7, 11) is 2.86. The van der Waals surface area contributed by atoms with Gasteiger partial charge < -0.3 is 15.2 Å². The van der Waals surface area contributed by atoms with Crippen LogP contribution in [0.15, 0.2) is 12.3 Å². The van der Waals surface area contributed by atoms with Crippen molar-refractivity contribution in [3.63, 3.8) is 0 Å². The Balaban J connectivity index is 2.71. The first-order valence-electron chi connectivity index (χ1n) is 5.30. The number of nitrogen functional groups attached to an aromatic ring is 1. The molecule has 1 aromatic heterocycles. The van der Waals surface area contributed by atoms with Crippen molar-refractivity contribution in [1.82, 2.24) is 10.2 Å². The van der Waals surface area contributed by atoms with Crippen LogP contribution in [-0.4, -0.2) is 24.4 Å². The predicted molar refractivity (Wildman–Crippen MR) is 66.2 cm³/mol. The molecule has 18 heavy (non-hydrogen) atoms. The highest BCUT2D eigenvalue weighted by Crippen LogP contribution is 2.40. The fourth-order valence-electron chi connectivity index (χ4n) is 1.89. The molecule has 1 heterocycles. The molecule has 2 rings (SSSR count). The summed E-state index contributed by atoms with van der Waals surface area (Å²) in [4.78, 5) is 0. The van der Waals surface area contributed by atoms with Gasteiger partial charge in [0.15, 0.2) is 17.3 Å². The van der Waals surface area contributed by atoms with Gasteiger partial charge in [0, 0.05) is 11.1 Å². The number of aromatic amines is 1. The van der Waals surface area contributed by atoms with Crippen molar-refractivity contribution in [2.24, 2.45) is 0 Å². The van der Waals surface area contributed by atoms with E-state index < -0.39 is 5.82 Å². The standard InChI is InChI=1S/C12H14FN3O2/c1-6-4-7(8-5-15-16-12(8)14)9(13)11(18-3)10(6)17-2/h4-5H,1-3H3,(H3,14,15,16). The van der Waals surface area contributed by atoms with Gasteiger partial charge in [-0.3, -0.25) is 5.10 Å². The lowest BCUT2D eigenvalue weighted by atomic mass is 10.0. The molecule has 0 saturated carbocycles. The van der Waals surface area contributed by atoms with E-state index in [0.29, 0.717) is 22.7 Å². The van der Waals surface area contributed by atoms with E-state index in [-0.39, 0.29) is 5.75 Å². The maximum atomic E-state index is 14.3. The highest BCUT2D eigenvalue weighted by atomic mass is 19.1. The lowest BCUT2D eigenvalue weighted by molar-refractivity contribution is 0.336. The zero-order chi connectivity index (χ0) is 13.3. The van der Waals surface area contributed by atoms with Crippen LogP contribution < -0.4 is 15.2 Å². The van der Waals surface area contributed by atoms with E-state index in [1.165, 1.54) is 20.4 Å². The van der Waals surface area contributed by atoms with Crippen LogP contribution in [0.3, 0.4) is 0 Å². The van der Waals surface area contributed by atoms with Crippen molar-refractivity contribution in [3.05, 3.63) is 23.6 Å². The molecule has 0 spiro atoms. The summed E-state index contributed by atoms with van der Waals surface area (Å²) in [6, 6.07) is 1.65. The van der Waals surface area contributed by atoms with Crippen molar-refractivity contribution in [2.45, 2.75) is 6.92 Å². The van der Waals surface area contributed by atoms with Gasteiger partial charge in [-0.1, -0.05) is 0 Å². The molecule has 96 valence electrons. The summed E-state index contributed by atoms with van der Waals surface area (Å²) in [5.41, 5.74) is 7.28. The third-order valence-electron chi connectivity index (χ3n) is 2.73. The number of anilines is 1. The number of hydrogen-bond donors (Lipinski definition) is 2. The minimum atomic E-state index is -0.520. The monoisotopic (exact) mass is 251 g/mol. The number of nitrogens with zero attached hydrogens (tertiary/aromatic N) is 1. The van der Waals surface area contributed by atoms with Crippen LogP contribution in [0.2, 0.25) is 0 Å². The number of ether oxygens (including phenoxy) is 2. The van der Waals surface area contributed by atoms with Gasteiger partial charge >= 0.3 is 0 Å². The Bertz CT molecular complexity index is 581. The van der Waals surface area contributed by atoms with Crippen molar-refractivity contribution in [3.8, 4) is 22.6 Å². The van der Waals surface area contributed by atoms with Crippen molar-refractivity contribution >= 4 is 5.82 Å². The van der Waals surface area contributed by atoms with E-state index in [4.69, 9.17) is 15.2 Å². The fourth-order valence-corrected chi connectivity index (χ4v) is 1.89. The fraction of sp³-hybridized carbons (Fsp3) is 0.250. The molecular formula is C12H14FN3O2. The summed E-state index contributed by atoms with van der Waals surface area (Å²) >= 11 is 0. The predicted octanol–water partition coefficient (Wildman–Crippen LogP) is 2.12. The molecule has 0 amide bonds. The molecule has 0 unspecified atom stereocenters. The molecule has 1 aromatic carbocycles. The van der Waals surface area contributed by atoms with E-state index in [0.717, 1.165) is 5.56 Å². The highest BCUT2D eigenvalue weighted by Gasteiger charge is 2.20. The molecule has 6 heteroatoms. The van der Waals surface area contributed by atoms with Gasteiger partial charge in [-0.05, 0) is 18.6 Å². The summed E-state index contributed by atoms with van der Waals surface area (Å²) in [5, 5.41) is 6.35. The lowest BCUT2D eigenvalue weighted by Gasteiger charge is -2.14. The first-order chi connectivity index (χ1) is 8.60. The first-order valence-corrected chi connectivity index (χ1v) is 5.30. The van der Waals surface area contributed by atoms with Gasteiger partial charge in [0.1, 0.15) is 5.82 Å². The molecule has 2 aromatic rings. The highest BCUT2D eigenvalue weighted by molar-refractivity contribution is 5.76. The lowest BCUT2D eigenvalue weighted by Crippen LogP contribution is -1.99. The second-order valence-corrected chi connectivity index (χ2v) is 3.82. The molecule has 0 saturated heterocycles. The molecule has 0 aliphatic heterocycles. The molecule has 5 nitrogen and oxygen atoms in total. The number of halogens is 1. The molecule has 0 aliphatic carbocycles. The minimum Gasteiger partial charge on any atom is -0.492 e. The van der Waals surface area contributed by atoms with Gasteiger partial charge in [-0.15, -0.1) is 0 Å². The van der Waals surface area contributed by atoms with E-state index in [9.17, 15) is 4.39 Å². The molecule has 0 radical (unpaired) electrons. The van der Waals surface area contributed by atoms with Crippen molar-refractivity contribution < 1.29 is 13.9 Å². The number of nitrogens with two attached hydrogens (primary N) is 1. The molecule has 0 atom stereocenters. The summed E-state index contributed by atoms with van der Waals surface area (Å²) in [6.45, 7) is 1.81. The van der Waals surface area contributed by atoms with Gasteiger partial charge in [-0.2, -0.15) is 5.10 Å². The SMILES string of the molecule is COc1c(C)cc(-c2cn[nH]c2N)c(F)c1OC. The number of aryl methyl sites for hydroxylation is 1. The number of nitrogens with one attached hydrogen (secondary N) is 1. The zero-order valence-electron chi connectivity index (χ0n) is 10.4. The van der Waals surface area contributed by atoms with E-state index >= 15 is 0 Å². The minimum absolute atomic E-state index is 0.0631. The van der Waals surface area contributed by atoms with Crippen LogP contribution in [0.5, 0.6) is 11.5 Å². The van der Waals surface area contributed by atoms with Gasteiger partial charge in [-0.25, -0.2) is 4.39 Å². The number of methoxy groups -OCH3 is 2. The van der Waals surface area contributed by atoms with Crippen LogP contribution in [0.25, 0.3) is 11.1 Å². The molecule has 0 aliphatic rings. The second kappa shape index (κ2) is 4.56. The Morgan fingerprint density at radius 3 is 2.39 bits per heavy atom. The van der Waals surface area contributed by atoms with Crippen LogP contribution in [0.1, 0.15) is 5.56 Å². The molecule has 3 N–H and O–H groups in total. The van der Waals surface area contributed by atoms with E-state index in [1.54, 1.807) is 13.0 Å². The Kier molecular flexibility index (Phi) is 3.10. The average molecular weight is 251 g/mol. The quantitative estimate of drug-likeness (QED) is 0.876. The number of hydrogen-bond acceptors (Lipinski definition) is 4. The Labute approximate surface area is 104 Å². The van der Waals surface area contributed by atoms with Gasteiger partial charge in [0.2, 0.25) is 0 Å². The Morgan fingerprint density at radius 1 is 1.22 bits per heavy atom. The zero-order valence-corrected chi connectivity index (χ0v) is 10.4. The Morgan fingerprint density at radius 2 is 1.89 bits per heavy atom. The molecule has 0 fully saturated rings. The molecule has 0 bridgehead atoms. The largest absolute Gasteiger partial charge is 0.492 e. The van der Waals surface area contributed by atoms with Gasteiger partial charge in [0.25, 0.3) is 0 Å². The number of benzene rings is 1. The number of aromatic nitrogens is 2. The summed E-state index contributed by atoms with van der Waals surface area (Å²) < 4.78 is 24.5. The number of H-pyrrole nitrogens is 1. The average Bonchev–Trinajstić information content (AvgIpc) is 2.77. The third kappa shape index (κ3) is 1.75. The second-order valence-electron chi connectivity index (χ2n) is 3.82. The van der Waals surface area contributed by atoms with E-state index in [2.05, 4.69) is 10.2 Å². The van der Waals surface area contributed by atoms with Crippen LogP contribution in [-0.2, 0) is 0 Å². The normalized spacial score (nSPS) is 10.4. The van der Waals surface area contributed by atoms with Crippen molar-refractivity contribution in [2.75, 3.05) is 20.0 Å². The van der Waals surface area contributed by atoms with Crippen molar-refractivity contribution in [1.29, 1.82) is 0 Å². The van der Waals surface area contributed by atoms with Crippen LogP contribution in [0, 0.1) is 12.7 Å². The third-order valence-corrected chi connectivity index (χ3v) is 2.73. The maximum absolute atomic E-state index is 14.3. The van der Waals surface area contributed by atoms with Gasteiger partial charge in [0.05, 0.1) is 20.4 Å². The summed E-state index contributed by atoms with van der Waals surface area (Å²) in [6.07, 6.45) is 1.47. The first kappa shape index (κ1) is 12.2. The topological polar surface area (TPSA) is 73.2 Å². The van der Waals surface area contributed by atoms with E-state index in [1.807, 2.05) is 0 Å². The molecular weight excluding hydrogens is 237 g/mol. The summed E-state index contributed by atoms with van der Waals surface area (Å²) in [5.74, 6) is 0.225. The maximum Gasteiger partial charge on any atom is 0.197 e. The Hall–Kier alpha value is -2.24. The number of rotatable bonds is 3. The van der Waals surface area contributed by atoms with Crippen LogP contribution >= 0.6 is 0 Å². The smallest absolute Gasteiger partial charge is 0.197 e. The van der Waals surface area contributed by atoms with Crippen LogP contribution in [0.4, 0.5) is 10.2 Å².